The van der Waals surface area contributed by atoms with Crippen molar-refractivity contribution in [3.05, 3.63) is 48.3 Å². The highest BCUT2D eigenvalue weighted by Gasteiger charge is 2.29. The van der Waals surface area contributed by atoms with Crippen LogP contribution in [0.25, 0.3) is 0 Å². The van der Waals surface area contributed by atoms with Crippen LogP contribution in [-0.4, -0.2) is 40.1 Å². The van der Waals surface area contributed by atoms with Gasteiger partial charge >= 0.3 is 0 Å². The van der Waals surface area contributed by atoms with Crippen LogP contribution in [0, 0.1) is 5.82 Å². The van der Waals surface area contributed by atoms with Gasteiger partial charge < -0.3 is 14.8 Å². The van der Waals surface area contributed by atoms with Gasteiger partial charge in [-0.15, -0.1) is 0 Å². The second-order valence-electron chi connectivity index (χ2n) is 6.52. The molecule has 1 heterocycles. The molecule has 1 aliphatic heterocycles. The Balaban J connectivity index is 2.00. The Kier molecular flexibility index (Phi) is 5.73. The van der Waals surface area contributed by atoms with E-state index in [-0.39, 0.29) is 16.6 Å². The summed E-state index contributed by atoms with van der Waals surface area (Å²) in [5.41, 5.74) is 0.176. The van der Waals surface area contributed by atoms with Gasteiger partial charge in [-0.2, -0.15) is 0 Å². The van der Waals surface area contributed by atoms with Gasteiger partial charge in [-0.25, -0.2) is 12.8 Å². The average Bonchev–Trinajstić information content (AvgIpc) is 2.66. The van der Waals surface area contributed by atoms with Crippen molar-refractivity contribution in [1.29, 1.82) is 0 Å². The summed E-state index contributed by atoms with van der Waals surface area (Å²) in [6.45, 7) is 3.80. The Morgan fingerprint density at radius 2 is 1.75 bits per heavy atom. The lowest BCUT2D eigenvalue weighted by atomic mass is 10.3. The molecular formula is C19H21FN2O5S. The first kappa shape index (κ1) is 19.9. The number of sulfonamides is 1. The van der Waals surface area contributed by atoms with E-state index >= 15 is 0 Å². The monoisotopic (exact) mass is 408 g/mol. The van der Waals surface area contributed by atoms with Gasteiger partial charge in [0.05, 0.1) is 10.6 Å². The van der Waals surface area contributed by atoms with E-state index in [0.717, 1.165) is 16.4 Å². The van der Waals surface area contributed by atoms with Crippen molar-refractivity contribution in [3.8, 4) is 11.5 Å². The minimum Gasteiger partial charge on any atom is -0.486 e. The van der Waals surface area contributed by atoms with E-state index < -0.39 is 28.3 Å². The predicted molar refractivity (Wildman–Crippen MR) is 102 cm³/mol. The number of fused-ring (bicyclic) bond motifs is 1. The third-order valence-electron chi connectivity index (χ3n) is 3.95. The number of anilines is 1. The topological polar surface area (TPSA) is 84.9 Å². The van der Waals surface area contributed by atoms with Gasteiger partial charge in [0.15, 0.2) is 11.5 Å². The molecule has 1 N–H and O–H groups in total. The maximum Gasteiger partial charge on any atom is 0.264 e. The van der Waals surface area contributed by atoms with Crippen LogP contribution in [0.1, 0.15) is 13.8 Å². The summed E-state index contributed by atoms with van der Waals surface area (Å²) in [7, 11) is -4.12. The van der Waals surface area contributed by atoms with Gasteiger partial charge in [0.1, 0.15) is 25.6 Å². The lowest BCUT2D eigenvalue weighted by Gasteiger charge is -2.25. The molecule has 0 saturated carbocycles. The van der Waals surface area contributed by atoms with Gasteiger partial charge in [-0.3, -0.25) is 9.10 Å². The predicted octanol–water partition coefficient (Wildman–Crippen LogP) is 2.32. The molecule has 7 nitrogen and oxygen atoms in total. The zero-order chi connectivity index (χ0) is 20.3. The molecule has 1 amide bonds. The number of amides is 1. The first-order valence-electron chi connectivity index (χ1n) is 8.74. The van der Waals surface area contributed by atoms with E-state index in [2.05, 4.69) is 5.32 Å². The standard InChI is InChI=1S/C19H21FN2O5S/c1-13(2)21-19(23)12-22(15-5-3-14(20)4-6-15)28(24,25)16-7-8-17-18(11-16)27-10-9-26-17/h3-8,11,13H,9-10,12H2,1-2H3,(H,21,23). The highest BCUT2D eigenvalue weighted by atomic mass is 32.2. The Bertz CT molecular complexity index is 961. The number of nitrogens with zero attached hydrogens (tertiary/aromatic N) is 1. The summed E-state index contributed by atoms with van der Waals surface area (Å²) in [6, 6.07) is 9.02. The van der Waals surface area contributed by atoms with E-state index in [1.165, 1.54) is 30.3 Å². The molecule has 3 rings (SSSR count). The third-order valence-corrected chi connectivity index (χ3v) is 5.72. The maximum atomic E-state index is 13.3. The van der Waals surface area contributed by atoms with Crippen molar-refractivity contribution < 1.29 is 27.1 Å². The van der Waals surface area contributed by atoms with E-state index in [9.17, 15) is 17.6 Å². The number of carbonyl (C=O) groups excluding carboxylic acids is 1. The molecule has 0 atom stereocenters. The van der Waals surface area contributed by atoms with Gasteiger partial charge in [0.25, 0.3) is 10.0 Å². The normalized spacial score (nSPS) is 13.3. The molecule has 2 aromatic rings. The summed E-state index contributed by atoms with van der Waals surface area (Å²) < 4.78 is 51.7. The summed E-state index contributed by atoms with van der Waals surface area (Å²) in [5, 5.41) is 2.66. The second-order valence-corrected chi connectivity index (χ2v) is 8.38. The highest BCUT2D eigenvalue weighted by Crippen LogP contribution is 2.34. The molecule has 0 saturated heterocycles. The fourth-order valence-corrected chi connectivity index (χ4v) is 4.17. The Hall–Kier alpha value is -2.81. The number of halogens is 1. The largest absolute Gasteiger partial charge is 0.486 e. The van der Waals surface area contributed by atoms with Gasteiger partial charge in [0.2, 0.25) is 5.91 Å². The number of benzene rings is 2. The fourth-order valence-electron chi connectivity index (χ4n) is 2.73. The van der Waals surface area contributed by atoms with E-state index in [1.54, 1.807) is 13.8 Å². The number of hydrogen-bond acceptors (Lipinski definition) is 5. The quantitative estimate of drug-likeness (QED) is 0.793. The molecule has 150 valence electrons. The van der Waals surface area contributed by atoms with Crippen LogP contribution in [0.3, 0.4) is 0 Å². The molecule has 0 bridgehead atoms. The van der Waals surface area contributed by atoms with Crippen molar-refractivity contribution in [2.75, 3.05) is 24.1 Å². The van der Waals surface area contributed by atoms with Gasteiger partial charge in [0, 0.05) is 12.1 Å². The molecule has 2 aromatic carbocycles. The van der Waals surface area contributed by atoms with Crippen molar-refractivity contribution in [3.63, 3.8) is 0 Å². The number of rotatable bonds is 6. The molecule has 0 aromatic heterocycles. The van der Waals surface area contributed by atoms with Gasteiger partial charge in [-0.05, 0) is 50.2 Å². The minimum atomic E-state index is -4.12. The third kappa shape index (κ3) is 4.36. The summed E-state index contributed by atoms with van der Waals surface area (Å²) in [6.07, 6.45) is 0. The zero-order valence-electron chi connectivity index (χ0n) is 15.5. The molecule has 0 unspecified atom stereocenters. The maximum absolute atomic E-state index is 13.3. The van der Waals surface area contributed by atoms with Gasteiger partial charge in [-0.1, -0.05) is 0 Å². The average molecular weight is 408 g/mol. The summed E-state index contributed by atoms with van der Waals surface area (Å²) >= 11 is 0. The molecule has 0 aliphatic carbocycles. The van der Waals surface area contributed by atoms with Crippen LogP contribution in [0.2, 0.25) is 0 Å². The Morgan fingerprint density at radius 3 is 2.39 bits per heavy atom. The SMILES string of the molecule is CC(C)NC(=O)CN(c1ccc(F)cc1)S(=O)(=O)c1ccc2c(c1)OCCO2. The smallest absolute Gasteiger partial charge is 0.264 e. The molecular weight excluding hydrogens is 387 g/mol. The van der Waals surface area contributed by atoms with E-state index in [0.29, 0.717) is 24.7 Å². The van der Waals surface area contributed by atoms with Crippen LogP contribution in [0.5, 0.6) is 11.5 Å². The summed E-state index contributed by atoms with van der Waals surface area (Å²) in [5.74, 6) is -0.207. The number of nitrogens with one attached hydrogen (secondary N) is 1. The van der Waals surface area contributed by atoms with Crippen molar-refractivity contribution >= 4 is 21.6 Å². The van der Waals surface area contributed by atoms with Crippen LogP contribution in [-0.2, 0) is 14.8 Å². The van der Waals surface area contributed by atoms with Crippen molar-refractivity contribution in [2.24, 2.45) is 0 Å². The van der Waals surface area contributed by atoms with Crippen molar-refractivity contribution in [1.82, 2.24) is 5.32 Å². The molecule has 1 aliphatic rings. The molecule has 28 heavy (non-hydrogen) atoms. The second kappa shape index (κ2) is 8.05. The molecule has 0 fully saturated rings. The number of hydrogen-bond donors (Lipinski definition) is 1. The lowest BCUT2D eigenvalue weighted by molar-refractivity contribution is -0.120. The fraction of sp³-hybridized carbons (Fsp3) is 0.316. The molecule has 9 heteroatoms. The van der Waals surface area contributed by atoms with Crippen LogP contribution < -0.4 is 19.1 Å². The molecule has 0 spiro atoms. The van der Waals surface area contributed by atoms with Crippen molar-refractivity contribution in [2.45, 2.75) is 24.8 Å². The molecule has 0 radical (unpaired) electrons. The first-order valence-corrected chi connectivity index (χ1v) is 10.2. The zero-order valence-corrected chi connectivity index (χ0v) is 16.3. The van der Waals surface area contributed by atoms with E-state index in [1.807, 2.05) is 0 Å². The first-order chi connectivity index (χ1) is 13.3. The van der Waals surface area contributed by atoms with Crippen LogP contribution >= 0.6 is 0 Å². The highest BCUT2D eigenvalue weighted by molar-refractivity contribution is 7.92. The minimum absolute atomic E-state index is 0.0570. The van der Waals surface area contributed by atoms with Crippen LogP contribution in [0.15, 0.2) is 47.4 Å². The van der Waals surface area contributed by atoms with E-state index in [4.69, 9.17) is 9.47 Å². The van der Waals surface area contributed by atoms with Crippen LogP contribution in [0.4, 0.5) is 10.1 Å². The Morgan fingerprint density at radius 1 is 1.11 bits per heavy atom. The summed E-state index contributed by atoms with van der Waals surface area (Å²) in [4.78, 5) is 12.2. The lowest BCUT2D eigenvalue weighted by Crippen LogP contribution is -2.42. The number of ether oxygens (including phenoxy) is 2. The Labute approximate surface area is 163 Å². The number of carbonyl (C=O) groups is 1.